The molecule has 4 rings (SSSR count). The van der Waals surface area contributed by atoms with Crippen molar-refractivity contribution in [3.8, 4) is 0 Å². The van der Waals surface area contributed by atoms with E-state index in [-0.39, 0.29) is 24.8 Å². The number of nitrogens with one attached hydrogen (secondary N) is 1. The van der Waals surface area contributed by atoms with Gasteiger partial charge in [0, 0.05) is 25.9 Å². The number of anilines is 1. The largest absolute Gasteiger partial charge is 0.372 e. The normalized spacial score (nSPS) is 17.4. The second kappa shape index (κ2) is 14.2. The Hall–Kier alpha value is -3.76. The number of rotatable bonds is 15. The Labute approximate surface area is 240 Å². The van der Waals surface area contributed by atoms with Crippen molar-refractivity contribution in [2.45, 2.75) is 83.1 Å². The zero-order valence-corrected chi connectivity index (χ0v) is 23.6. The van der Waals surface area contributed by atoms with Crippen LogP contribution in [0.15, 0.2) is 42.5 Å². The first-order chi connectivity index (χ1) is 19.7. The molecule has 0 aromatic heterocycles. The summed E-state index contributed by atoms with van der Waals surface area (Å²) in [6.07, 6.45) is 4.07. The third-order valence-electron chi connectivity index (χ3n) is 7.71. The standard InChI is InChI=1S/C31H40N4O6/c1-20(41-18-22-12-10-21(11-13-22)5-4-16-40-19-28(33)37)25(14-15-27(32)36)34-31(39)26-17-24-8-2-6-23-7-3-9-29(38)35(26)30(23)24/h2,6,8,10-13,20,25-26H,3-5,7,9,14-19H2,1H3,(H2,32,36)(H2,33,37)(H,34,39)/t20-,25+,26+/m1/s1. The third kappa shape index (κ3) is 8.14. The Bertz CT molecular complexity index is 1250. The van der Waals surface area contributed by atoms with E-state index in [4.69, 9.17) is 20.9 Å². The zero-order chi connectivity index (χ0) is 29.4. The SMILES string of the molecule is C[C@@H](OCc1ccc(CCCOCC(N)=O)cc1)[C@H](CCC(N)=O)NC(=O)[C@@H]1Cc2cccc3c2N1C(=O)CCC3. The molecule has 0 saturated carbocycles. The number of primary amides is 2. The van der Waals surface area contributed by atoms with Crippen LogP contribution in [0.2, 0.25) is 0 Å². The summed E-state index contributed by atoms with van der Waals surface area (Å²) >= 11 is 0. The van der Waals surface area contributed by atoms with Gasteiger partial charge in [-0.05, 0) is 61.3 Å². The Morgan fingerprint density at radius 2 is 1.76 bits per heavy atom. The van der Waals surface area contributed by atoms with Crippen molar-refractivity contribution < 1.29 is 28.7 Å². The van der Waals surface area contributed by atoms with E-state index >= 15 is 0 Å². The molecule has 3 atom stereocenters. The van der Waals surface area contributed by atoms with E-state index < -0.39 is 30.0 Å². The van der Waals surface area contributed by atoms with Gasteiger partial charge in [-0.3, -0.25) is 24.1 Å². The van der Waals surface area contributed by atoms with Gasteiger partial charge in [0.25, 0.3) is 0 Å². The van der Waals surface area contributed by atoms with Gasteiger partial charge in [-0.15, -0.1) is 0 Å². The highest BCUT2D eigenvalue weighted by Crippen LogP contribution is 2.39. The number of ether oxygens (including phenoxy) is 2. The number of aryl methyl sites for hydroxylation is 2. The van der Waals surface area contributed by atoms with Crippen LogP contribution in [0, 0.1) is 0 Å². The molecule has 10 heteroatoms. The van der Waals surface area contributed by atoms with Crippen molar-refractivity contribution in [2.24, 2.45) is 11.5 Å². The van der Waals surface area contributed by atoms with E-state index in [0.717, 1.165) is 53.6 Å². The van der Waals surface area contributed by atoms with Gasteiger partial charge in [-0.2, -0.15) is 0 Å². The second-order valence-electron chi connectivity index (χ2n) is 10.8. The lowest BCUT2D eigenvalue weighted by molar-refractivity contribution is -0.128. The minimum atomic E-state index is -0.631. The second-order valence-corrected chi connectivity index (χ2v) is 10.8. The van der Waals surface area contributed by atoms with E-state index in [1.165, 1.54) is 0 Å². The summed E-state index contributed by atoms with van der Waals surface area (Å²) in [6.45, 7) is 2.59. The van der Waals surface area contributed by atoms with Crippen molar-refractivity contribution in [2.75, 3.05) is 18.1 Å². The van der Waals surface area contributed by atoms with Crippen LogP contribution in [0.5, 0.6) is 0 Å². The van der Waals surface area contributed by atoms with Crippen molar-refractivity contribution in [1.29, 1.82) is 0 Å². The molecule has 5 N–H and O–H groups in total. The molecule has 0 unspecified atom stereocenters. The van der Waals surface area contributed by atoms with E-state index in [2.05, 4.69) is 5.32 Å². The lowest BCUT2D eigenvalue weighted by atomic mass is 10.0. The van der Waals surface area contributed by atoms with E-state index in [0.29, 0.717) is 32.5 Å². The highest BCUT2D eigenvalue weighted by atomic mass is 16.5. The molecule has 0 fully saturated rings. The number of benzene rings is 2. The monoisotopic (exact) mass is 564 g/mol. The molecule has 2 aliphatic rings. The van der Waals surface area contributed by atoms with Crippen molar-refractivity contribution in [3.05, 3.63) is 64.7 Å². The Morgan fingerprint density at radius 3 is 2.49 bits per heavy atom. The Morgan fingerprint density at radius 1 is 1.02 bits per heavy atom. The topological polar surface area (TPSA) is 154 Å². The van der Waals surface area contributed by atoms with Gasteiger partial charge in [0.05, 0.1) is 24.4 Å². The number of nitrogens with two attached hydrogens (primary N) is 2. The highest BCUT2D eigenvalue weighted by Gasteiger charge is 2.41. The fourth-order valence-corrected chi connectivity index (χ4v) is 5.53. The van der Waals surface area contributed by atoms with Crippen LogP contribution in [0.3, 0.4) is 0 Å². The molecule has 220 valence electrons. The molecule has 0 radical (unpaired) electrons. The molecule has 2 aliphatic heterocycles. The zero-order valence-electron chi connectivity index (χ0n) is 23.6. The van der Waals surface area contributed by atoms with Gasteiger partial charge < -0.3 is 26.3 Å². The number of carbonyl (C=O) groups is 4. The number of amides is 4. The maximum atomic E-state index is 13.6. The van der Waals surface area contributed by atoms with E-state index in [9.17, 15) is 19.2 Å². The molecule has 10 nitrogen and oxygen atoms in total. The predicted molar refractivity (Wildman–Crippen MR) is 154 cm³/mol. The van der Waals surface area contributed by atoms with Gasteiger partial charge in [0.1, 0.15) is 12.6 Å². The van der Waals surface area contributed by atoms with Crippen LogP contribution < -0.4 is 21.7 Å². The molecule has 41 heavy (non-hydrogen) atoms. The Balaban J connectivity index is 1.34. The third-order valence-corrected chi connectivity index (χ3v) is 7.71. The first kappa shape index (κ1) is 30.2. The van der Waals surface area contributed by atoms with Crippen LogP contribution in [-0.2, 0) is 54.5 Å². The molecule has 2 heterocycles. The fraction of sp³-hybridized carbons (Fsp3) is 0.484. The van der Waals surface area contributed by atoms with Crippen LogP contribution in [-0.4, -0.2) is 55.0 Å². The fourth-order valence-electron chi connectivity index (χ4n) is 5.53. The van der Waals surface area contributed by atoms with Crippen molar-refractivity contribution >= 4 is 29.3 Å². The molecule has 0 spiro atoms. The molecular weight excluding hydrogens is 524 g/mol. The highest BCUT2D eigenvalue weighted by molar-refractivity contribution is 6.04. The summed E-state index contributed by atoms with van der Waals surface area (Å²) in [4.78, 5) is 50.6. The average Bonchev–Trinajstić information content (AvgIpc) is 3.26. The lowest BCUT2D eigenvalue weighted by Gasteiger charge is -2.29. The number of carbonyl (C=O) groups excluding carboxylic acids is 4. The Kier molecular flexibility index (Phi) is 10.5. The molecule has 2 aromatic rings. The van der Waals surface area contributed by atoms with Crippen LogP contribution in [0.4, 0.5) is 5.69 Å². The quantitative estimate of drug-likeness (QED) is 0.282. The van der Waals surface area contributed by atoms with Crippen molar-refractivity contribution in [1.82, 2.24) is 5.32 Å². The first-order valence-electron chi connectivity index (χ1n) is 14.3. The number of nitrogens with zero attached hydrogens (tertiary/aromatic N) is 1. The summed E-state index contributed by atoms with van der Waals surface area (Å²) in [5, 5.41) is 3.08. The molecule has 4 amide bonds. The average molecular weight is 565 g/mol. The molecule has 0 saturated heterocycles. The molecule has 0 aliphatic carbocycles. The van der Waals surface area contributed by atoms with Gasteiger partial charge >= 0.3 is 0 Å². The smallest absolute Gasteiger partial charge is 0.243 e. The number of para-hydroxylation sites is 1. The number of hydrogen-bond donors (Lipinski definition) is 3. The predicted octanol–water partition coefficient (Wildman–Crippen LogP) is 2.07. The van der Waals surface area contributed by atoms with Crippen LogP contribution in [0.1, 0.15) is 61.3 Å². The summed E-state index contributed by atoms with van der Waals surface area (Å²) in [6, 6.07) is 12.9. The first-order valence-corrected chi connectivity index (χ1v) is 14.3. The maximum absolute atomic E-state index is 13.6. The lowest BCUT2D eigenvalue weighted by Crippen LogP contribution is -2.53. The van der Waals surface area contributed by atoms with E-state index in [1.54, 1.807) is 4.90 Å². The van der Waals surface area contributed by atoms with Gasteiger partial charge in [-0.1, -0.05) is 42.5 Å². The summed E-state index contributed by atoms with van der Waals surface area (Å²) in [7, 11) is 0. The van der Waals surface area contributed by atoms with Crippen molar-refractivity contribution in [3.63, 3.8) is 0 Å². The van der Waals surface area contributed by atoms with E-state index in [1.807, 2.05) is 49.4 Å². The summed E-state index contributed by atoms with van der Waals surface area (Å²) in [5.74, 6) is -1.21. The minimum Gasteiger partial charge on any atom is -0.372 e. The number of hydrogen-bond acceptors (Lipinski definition) is 6. The summed E-state index contributed by atoms with van der Waals surface area (Å²) in [5.41, 5.74) is 15.6. The van der Waals surface area contributed by atoms with Crippen LogP contribution in [0.25, 0.3) is 0 Å². The van der Waals surface area contributed by atoms with Crippen LogP contribution >= 0.6 is 0 Å². The minimum absolute atomic E-state index is 0.0338. The van der Waals surface area contributed by atoms with Gasteiger partial charge in [-0.25, -0.2) is 0 Å². The van der Waals surface area contributed by atoms with Gasteiger partial charge in [0.15, 0.2) is 0 Å². The summed E-state index contributed by atoms with van der Waals surface area (Å²) < 4.78 is 11.3. The van der Waals surface area contributed by atoms with Gasteiger partial charge in [0.2, 0.25) is 23.6 Å². The molecule has 2 aromatic carbocycles. The molecule has 0 bridgehead atoms. The maximum Gasteiger partial charge on any atom is 0.243 e. The molecular formula is C31H40N4O6.